The summed E-state index contributed by atoms with van der Waals surface area (Å²) in [5, 5.41) is 0.336. The molecule has 0 heterocycles. The average molecular weight is 359 g/mol. The van der Waals surface area contributed by atoms with Gasteiger partial charge < -0.3 is 0 Å². The highest BCUT2D eigenvalue weighted by Crippen LogP contribution is 2.18. The Morgan fingerprint density at radius 1 is 0.960 bits per heavy atom. The molecule has 0 aliphatic rings. The van der Waals surface area contributed by atoms with E-state index in [9.17, 15) is 9.59 Å². The fourth-order valence-electron chi connectivity index (χ4n) is 2.50. The molecular weight excluding hydrogens is 336 g/mol. The van der Waals surface area contributed by atoms with Crippen molar-refractivity contribution < 1.29 is 9.59 Å². The number of carbonyl (C=O) groups is 2. The van der Waals surface area contributed by atoms with E-state index < -0.39 is 5.91 Å². The molecule has 2 aromatic rings. The van der Waals surface area contributed by atoms with Crippen LogP contribution in [0.1, 0.15) is 48.2 Å². The van der Waals surface area contributed by atoms with Crippen molar-refractivity contribution in [1.82, 2.24) is 10.9 Å². The highest BCUT2D eigenvalue weighted by Gasteiger charge is 2.17. The Kier molecular flexibility index (Phi) is 6.59. The lowest BCUT2D eigenvalue weighted by Gasteiger charge is -2.14. The van der Waals surface area contributed by atoms with Crippen molar-refractivity contribution in [3.8, 4) is 0 Å². The van der Waals surface area contributed by atoms with Crippen LogP contribution in [-0.4, -0.2) is 11.8 Å². The van der Waals surface area contributed by atoms with Crippen LogP contribution in [0.3, 0.4) is 0 Å². The van der Waals surface area contributed by atoms with Crippen molar-refractivity contribution in [3.63, 3.8) is 0 Å². The number of hydrazine groups is 1. The number of hydrogen-bond acceptors (Lipinski definition) is 2. The van der Waals surface area contributed by atoms with Gasteiger partial charge in [-0.1, -0.05) is 61.8 Å². The minimum absolute atomic E-state index is 0.281. The smallest absolute Gasteiger partial charge is 0.271 e. The first-order valence-electron chi connectivity index (χ1n) is 8.32. The minimum Gasteiger partial charge on any atom is -0.273 e. The van der Waals surface area contributed by atoms with Gasteiger partial charge in [0.2, 0.25) is 5.91 Å². The van der Waals surface area contributed by atoms with E-state index in [0.29, 0.717) is 16.5 Å². The monoisotopic (exact) mass is 358 g/mol. The molecule has 0 saturated heterocycles. The fourth-order valence-corrected chi connectivity index (χ4v) is 2.73. The maximum absolute atomic E-state index is 12.3. The molecule has 2 amide bonds. The highest BCUT2D eigenvalue weighted by molar-refractivity contribution is 6.33. The SMILES string of the molecule is CC(C)Cc1ccc([C@@H](C)C(=O)NNC(=O)c2ccccc2Cl)cc1. The summed E-state index contributed by atoms with van der Waals surface area (Å²) in [6.07, 6.45) is 1.01. The van der Waals surface area contributed by atoms with Crippen LogP contribution in [0.5, 0.6) is 0 Å². The van der Waals surface area contributed by atoms with Crippen LogP contribution >= 0.6 is 11.6 Å². The summed E-state index contributed by atoms with van der Waals surface area (Å²) < 4.78 is 0. The van der Waals surface area contributed by atoms with Gasteiger partial charge >= 0.3 is 0 Å². The molecule has 2 rings (SSSR count). The molecule has 0 aliphatic carbocycles. The van der Waals surface area contributed by atoms with Crippen molar-refractivity contribution >= 4 is 23.4 Å². The molecule has 0 aromatic heterocycles. The number of carbonyl (C=O) groups excluding carboxylic acids is 2. The van der Waals surface area contributed by atoms with Gasteiger partial charge in [-0.2, -0.15) is 0 Å². The van der Waals surface area contributed by atoms with E-state index in [-0.39, 0.29) is 11.8 Å². The van der Waals surface area contributed by atoms with E-state index in [1.54, 1.807) is 31.2 Å². The van der Waals surface area contributed by atoms with Crippen molar-refractivity contribution in [1.29, 1.82) is 0 Å². The van der Waals surface area contributed by atoms with Crippen LogP contribution in [0.2, 0.25) is 5.02 Å². The van der Waals surface area contributed by atoms with Crippen molar-refractivity contribution in [2.45, 2.75) is 33.1 Å². The van der Waals surface area contributed by atoms with E-state index in [1.165, 1.54) is 5.56 Å². The zero-order chi connectivity index (χ0) is 18.4. The summed E-state index contributed by atoms with van der Waals surface area (Å²) >= 11 is 5.97. The quantitative estimate of drug-likeness (QED) is 0.790. The summed E-state index contributed by atoms with van der Waals surface area (Å²) in [6, 6.07) is 14.7. The standard InChI is InChI=1S/C20H23ClN2O2/c1-13(2)12-15-8-10-16(11-9-15)14(3)19(24)22-23-20(25)17-6-4-5-7-18(17)21/h4-11,13-14H,12H2,1-3H3,(H,22,24)(H,23,25)/t14-/m1/s1. The third-order valence-corrected chi connectivity index (χ3v) is 4.26. The third-order valence-electron chi connectivity index (χ3n) is 3.93. The van der Waals surface area contributed by atoms with E-state index in [0.717, 1.165) is 12.0 Å². The van der Waals surface area contributed by atoms with Gasteiger partial charge in [0.1, 0.15) is 0 Å². The van der Waals surface area contributed by atoms with Crippen LogP contribution in [-0.2, 0) is 11.2 Å². The lowest BCUT2D eigenvalue weighted by Crippen LogP contribution is -2.43. The van der Waals surface area contributed by atoms with Gasteiger partial charge in [0.25, 0.3) is 5.91 Å². The van der Waals surface area contributed by atoms with Crippen LogP contribution in [0.15, 0.2) is 48.5 Å². The molecule has 25 heavy (non-hydrogen) atoms. The first-order chi connectivity index (χ1) is 11.9. The van der Waals surface area contributed by atoms with E-state index in [4.69, 9.17) is 11.6 Å². The van der Waals surface area contributed by atoms with E-state index >= 15 is 0 Å². The van der Waals surface area contributed by atoms with Crippen LogP contribution in [0.4, 0.5) is 0 Å². The maximum Gasteiger partial charge on any atom is 0.271 e. The second kappa shape index (κ2) is 8.67. The molecule has 0 unspecified atom stereocenters. The Hall–Kier alpha value is -2.33. The van der Waals surface area contributed by atoms with Crippen LogP contribution in [0, 0.1) is 5.92 Å². The Balaban J connectivity index is 1.94. The Morgan fingerprint density at radius 3 is 2.20 bits per heavy atom. The second-order valence-electron chi connectivity index (χ2n) is 6.48. The van der Waals surface area contributed by atoms with Gasteiger partial charge in [-0.25, -0.2) is 0 Å². The molecule has 1 atom stereocenters. The summed E-state index contributed by atoms with van der Waals surface area (Å²) in [5.74, 6) is -0.512. The molecule has 4 nitrogen and oxygen atoms in total. The molecule has 0 fully saturated rings. The summed E-state index contributed by atoms with van der Waals surface area (Å²) in [7, 11) is 0. The molecule has 0 saturated carbocycles. The third kappa shape index (κ3) is 5.33. The van der Waals surface area contributed by atoms with Gasteiger partial charge in [-0.15, -0.1) is 0 Å². The number of nitrogens with one attached hydrogen (secondary N) is 2. The number of hydrogen-bond donors (Lipinski definition) is 2. The first-order valence-corrected chi connectivity index (χ1v) is 8.70. The van der Waals surface area contributed by atoms with Gasteiger partial charge in [0.05, 0.1) is 16.5 Å². The van der Waals surface area contributed by atoms with Crippen molar-refractivity contribution in [2.75, 3.05) is 0 Å². The van der Waals surface area contributed by atoms with Crippen LogP contribution in [0.25, 0.3) is 0 Å². The summed E-state index contributed by atoms with van der Waals surface area (Å²) in [4.78, 5) is 24.3. The lowest BCUT2D eigenvalue weighted by atomic mass is 9.96. The number of rotatable bonds is 5. The Labute approximate surface area is 153 Å². The molecule has 132 valence electrons. The topological polar surface area (TPSA) is 58.2 Å². The van der Waals surface area contributed by atoms with Gasteiger partial charge in [0.15, 0.2) is 0 Å². The van der Waals surface area contributed by atoms with Crippen molar-refractivity contribution in [2.24, 2.45) is 5.92 Å². The van der Waals surface area contributed by atoms with Gasteiger partial charge in [0, 0.05) is 0 Å². The zero-order valence-electron chi connectivity index (χ0n) is 14.7. The molecule has 0 aliphatic heterocycles. The molecule has 5 heteroatoms. The lowest BCUT2D eigenvalue weighted by molar-refractivity contribution is -0.123. The zero-order valence-corrected chi connectivity index (χ0v) is 15.4. The maximum atomic E-state index is 12.3. The number of amides is 2. The van der Waals surface area contributed by atoms with Crippen LogP contribution < -0.4 is 10.9 Å². The minimum atomic E-state index is -0.446. The second-order valence-corrected chi connectivity index (χ2v) is 6.89. The normalized spacial score (nSPS) is 11.9. The molecular formula is C20H23ClN2O2. The van der Waals surface area contributed by atoms with Gasteiger partial charge in [-0.3, -0.25) is 20.4 Å². The predicted octanol–water partition coefficient (Wildman–Crippen LogP) is 4.10. The van der Waals surface area contributed by atoms with Gasteiger partial charge in [-0.05, 0) is 42.5 Å². The predicted molar refractivity (Wildman–Crippen MR) is 100 cm³/mol. The highest BCUT2D eigenvalue weighted by atomic mass is 35.5. The summed E-state index contributed by atoms with van der Waals surface area (Å²) in [5.41, 5.74) is 7.32. The number of halogens is 1. The van der Waals surface area contributed by atoms with Crippen molar-refractivity contribution in [3.05, 3.63) is 70.2 Å². The molecule has 2 aromatic carbocycles. The average Bonchev–Trinajstić information content (AvgIpc) is 2.59. The Morgan fingerprint density at radius 2 is 1.60 bits per heavy atom. The molecule has 0 bridgehead atoms. The molecule has 0 radical (unpaired) electrons. The first kappa shape index (κ1) is 19.0. The largest absolute Gasteiger partial charge is 0.273 e. The van der Waals surface area contributed by atoms with E-state index in [2.05, 4.69) is 24.7 Å². The molecule has 2 N–H and O–H groups in total. The Bertz CT molecular complexity index is 742. The number of benzene rings is 2. The summed E-state index contributed by atoms with van der Waals surface area (Å²) in [6.45, 7) is 6.14. The molecule has 0 spiro atoms. The fraction of sp³-hybridized carbons (Fsp3) is 0.300. The van der Waals surface area contributed by atoms with E-state index in [1.807, 2.05) is 24.3 Å².